The Balaban J connectivity index is 1.62. The molecule has 1 heterocycles. The molecule has 0 radical (unpaired) electrons. The van der Waals surface area contributed by atoms with Gasteiger partial charge in [-0.15, -0.1) is 0 Å². The molecule has 144 valence electrons. The predicted molar refractivity (Wildman–Crippen MR) is 113 cm³/mol. The Morgan fingerprint density at radius 2 is 1.76 bits per heavy atom. The highest BCUT2D eigenvalue weighted by Gasteiger charge is 2.10. The first-order valence-corrected chi connectivity index (χ1v) is 9.18. The van der Waals surface area contributed by atoms with Crippen LogP contribution in [0, 0.1) is 6.92 Å². The molecule has 0 aliphatic rings. The Kier molecular flexibility index (Phi) is 5.12. The van der Waals surface area contributed by atoms with Gasteiger partial charge in [0.1, 0.15) is 23.7 Å². The van der Waals surface area contributed by atoms with E-state index in [1.807, 2.05) is 67.6 Å². The molecule has 4 rings (SSSR count). The zero-order valence-electron chi connectivity index (χ0n) is 15.8. The van der Waals surface area contributed by atoms with Crippen LogP contribution in [-0.2, 0) is 0 Å². The number of rotatable bonds is 5. The zero-order valence-corrected chi connectivity index (χ0v) is 15.8. The lowest BCUT2D eigenvalue weighted by Gasteiger charge is -2.10. The fourth-order valence-corrected chi connectivity index (χ4v) is 3.16. The van der Waals surface area contributed by atoms with Crippen molar-refractivity contribution in [3.63, 3.8) is 0 Å². The van der Waals surface area contributed by atoms with E-state index in [2.05, 4.69) is 5.16 Å². The molecule has 0 saturated heterocycles. The third-order valence-electron chi connectivity index (χ3n) is 4.68. The molecular weight excluding hydrogens is 366 g/mol. The summed E-state index contributed by atoms with van der Waals surface area (Å²) in [6, 6.07) is 24.1. The van der Waals surface area contributed by atoms with Gasteiger partial charge in [0.15, 0.2) is 0 Å². The van der Waals surface area contributed by atoms with E-state index in [0.717, 1.165) is 27.6 Å². The van der Waals surface area contributed by atoms with E-state index in [-0.39, 0.29) is 6.61 Å². The largest absolute Gasteiger partial charge is 0.487 e. The summed E-state index contributed by atoms with van der Waals surface area (Å²) in [7, 11) is 0. The van der Waals surface area contributed by atoms with Crippen LogP contribution in [0.4, 0.5) is 0 Å². The first-order chi connectivity index (χ1) is 14.1. The lowest BCUT2D eigenvalue weighted by Crippen LogP contribution is -2.13. The van der Waals surface area contributed by atoms with E-state index in [9.17, 15) is 10.0 Å². The molecule has 0 aliphatic heterocycles. The minimum atomic E-state index is -0.425. The first-order valence-electron chi connectivity index (χ1n) is 9.18. The molecule has 0 unspecified atom stereocenters. The lowest BCUT2D eigenvalue weighted by molar-refractivity contribution is 0.308. The number of fused-ring (bicyclic) bond motifs is 1. The summed E-state index contributed by atoms with van der Waals surface area (Å²) in [5.74, 6) is 0.513. The van der Waals surface area contributed by atoms with Gasteiger partial charge in [-0.25, -0.2) is 4.79 Å². The van der Waals surface area contributed by atoms with Crippen molar-refractivity contribution in [2.24, 2.45) is 5.16 Å². The van der Waals surface area contributed by atoms with Crippen LogP contribution in [0.5, 0.6) is 5.75 Å². The molecule has 4 aromatic rings. The molecule has 0 amide bonds. The van der Waals surface area contributed by atoms with Gasteiger partial charge in [-0.1, -0.05) is 65.3 Å². The van der Waals surface area contributed by atoms with Crippen LogP contribution >= 0.6 is 0 Å². The molecule has 0 fully saturated rings. The molecule has 0 atom stereocenters. The van der Waals surface area contributed by atoms with Gasteiger partial charge >= 0.3 is 5.63 Å². The van der Waals surface area contributed by atoms with Crippen molar-refractivity contribution >= 4 is 16.7 Å². The fraction of sp³-hybridized carbons (Fsp3) is 0.0833. The molecule has 3 aromatic carbocycles. The van der Waals surface area contributed by atoms with Crippen LogP contribution in [-0.4, -0.2) is 17.5 Å². The van der Waals surface area contributed by atoms with Crippen molar-refractivity contribution in [3.8, 4) is 16.9 Å². The Hall–Kier alpha value is -3.86. The summed E-state index contributed by atoms with van der Waals surface area (Å²) < 4.78 is 11.2. The van der Waals surface area contributed by atoms with Crippen molar-refractivity contribution in [1.29, 1.82) is 0 Å². The Morgan fingerprint density at radius 1 is 1.00 bits per heavy atom. The van der Waals surface area contributed by atoms with Crippen LogP contribution < -0.4 is 10.4 Å². The van der Waals surface area contributed by atoms with E-state index in [0.29, 0.717) is 17.0 Å². The Bertz CT molecular complexity index is 1230. The van der Waals surface area contributed by atoms with Crippen LogP contribution in [0.3, 0.4) is 0 Å². The highest BCUT2D eigenvalue weighted by molar-refractivity contribution is 6.01. The van der Waals surface area contributed by atoms with Gasteiger partial charge in [-0.05, 0) is 30.2 Å². The zero-order chi connectivity index (χ0) is 20.2. The van der Waals surface area contributed by atoms with Gasteiger partial charge < -0.3 is 14.4 Å². The average Bonchev–Trinajstić information content (AvgIpc) is 2.75. The number of aryl methyl sites for hydroxylation is 1. The minimum Gasteiger partial charge on any atom is -0.487 e. The summed E-state index contributed by atoms with van der Waals surface area (Å²) >= 11 is 0. The minimum absolute atomic E-state index is 0.0771. The van der Waals surface area contributed by atoms with Crippen molar-refractivity contribution in [2.75, 3.05) is 6.61 Å². The SMILES string of the molecule is Cc1ccc(/C(COc2ccc3c(-c4ccccc4)cc(=O)oc3c2)=N/O)cc1. The molecule has 0 saturated carbocycles. The summed E-state index contributed by atoms with van der Waals surface area (Å²) in [5, 5.41) is 13.5. The number of hydrogen-bond acceptors (Lipinski definition) is 5. The van der Waals surface area contributed by atoms with Gasteiger partial charge in [0.05, 0.1) is 0 Å². The number of nitrogens with zero attached hydrogens (tertiary/aromatic N) is 1. The molecule has 1 N–H and O–H groups in total. The normalized spacial score (nSPS) is 11.6. The highest BCUT2D eigenvalue weighted by Crippen LogP contribution is 2.29. The summed E-state index contributed by atoms with van der Waals surface area (Å²) in [4.78, 5) is 12.1. The highest BCUT2D eigenvalue weighted by atomic mass is 16.5. The standard InChI is InChI=1S/C24H19NO4/c1-16-7-9-18(10-8-16)22(25-27)15-28-19-11-12-20-21(17-5-3-2-4-6-17)14-24(26)29-23(20)13-19/h2-14,27H,15H2,1H3/b25-22+. The van der Waals surface area contributed by atoms with E-state index in [1.54, 1.807) is 12.1 Å². The van der Waals surface area contributed by atoms with Gasteiger partial charge in [-0.2, -0.15) is 0 Å². The van der Waals surface area contributed by atoms with Crippen LogP contribution in [0.15, 0.2) is 93.2 Å². The van der Waals surface area contributed by atoms with Crippen molar-refractivity contribution in [2.45, 2.75) is 6.92 Å². The molecule has 0 bridgehead atoms. The maximum atomic E-state index is 12.1. The number of hydrogen-bond donors (Lipinski definition) is 1. The maximum absolute atomic E-state index is 12.1. The van der Waals surface area contributed by atoms with E-state index in [1.165, 1.54) is 6.07 Å². The second-order valence-electron chi connectivity index (χ2n) is 6.70. The van der Waals surface area contributed by atoms with Crippen LogP contribution in [0.2, 0.25) is 0 Å². The van der Waals surface area contributed by atoms with Gasteiger partial charge in [-0.3, -0.25) is 0 Å². The third kappa shape index (κ3) is 4.04. The average molecular weight is 385 g/mol. The number of benzene rings is 3. The molecule has 29 heavy (non-hydrogen) atoms. The second-order valence-corrected chi connectivity index (χ2v) is 6.70. The third-order valence-corrected chi connectivity index (χ3v) is 4.68. The van der Waals surface area contributed by atoms with Gasteiger partial charge in [0.2, 0.25) is 0 Å². The quantitative estimate of drug-likeness (QED) is 0.226. The van der Waals surface area contributed by atoms with E-state index in [4.69, 9.17) is 9.15 Å². The van der Waals surface area contributed by atoms with E-state index < -0.39 is 5.63 Å². The Labute approximate surface area is 167 Å². The van der Waals surface area contributed by atoms with Crippen molar-refractivity contribution in [3.05, 3.63) is 100 Å². The summed E-state index contributed by atoms with van der Waals surface area (Å²) in [6.45, 7) is 2.07. The lowest BCUT2D eigenvalue weighted by atomic mass is 10.0. The molecule has 0 spiro atoms. The molecule has 0 aliphatic carbocycles. The summed E-state index contributed by atoms with van der Waals surface area (Å²) in [5.41, 5.74) is 4.05. The van der Waals surface area contributed by atoms with Crippen LogP contribution in [0.1, 0.15) is 11.1 Å². The van der Waals surface area contributed by atoms with E-state index >= 15 is 0 Å². The Morgan fingerprint density at radius 3 is 2.48 bits per heavy atom. The molecule has 5 heteroatoms. The van der Waals surface area contributed by atoms with Crippen molar-refractivity contribution < 1.29 is 14.4 Å². The maximum Gasteiger partial charge on any atom is 0.336 e. The predicted octanol–water partition coefficient (Wildman–Crippen LogP) is 5.03. The van der Waals surface area contributed by atoms with Crippen LogP contribution in [0.25, 0.3) is 22.1 Å². The van der Waals surface area contributed by atoms with Gasteiger partial charge in [0, 0.05) is 23.1 Å². The topological polar surface area (TPSA) is 72.0 Å². The fourth-order valence-electron chi connectivity index (χ4n) is 3.16. The molecule has 5 nitrogen and oxygen atoms in total. The second kappa shape index (κ2) is 8.02. The number of oxime groups is 1. The monoisotopic (exact) mass is 385 g/mol. The number of ether oxygens (including phenoxy) is 1. The molecule has 1 aromatic heterocycles. The molecular formula is C24H19NO4. The summed E-state index contributed by atoms with van der Waals surface area (Å²) in [6.07, 6.45) is 0. The smallest absolute Gasteiger partial charge is 0.336 e. The van der Waals surface area contributed by atoms with Gasteiger partial charge in [0.25, 0.3) is 0 Å². The van der Waals surface area contributed by atoms with Crippen molar-refractivity contribution in [1.82, 2.24) is 0 Å². The first kappa shape index (κ1) is 18.5.